The van der Waals surface area contributed by atoms with E-state index in [1.807, 2.05) is 0 Å². The SMILES string of the molecule is CCN(CC)C1=Nc2ccc(C3(C(O)c4cncn4C)C=CC(C(F)(F)F)=NC3)cc2C(Oc2ccccc2Cl)(C(F)(F)F)C1. The zero-order chi connectivity index (χ0) is 32.8. The number of halogens is 7. The van der Waals surface area contributed by atoms with E-state index >= 15 is 13.2 Å². The molecule has 0 radical (unpaired) electrons. The van der Waals surface area contributed by atoms with Gasteiger partial charge in [-0.25, -0.2) is 9.98 Å². The number of aliphatic hydroxyl groups excluding tert-OH is 1. The fourth-order valence-corrected chi connectivity index (χ4v) is 5.96. The summed E-state index contributed by atoms with van der Waals surface area (Å²) in [6, 6.07) is 9.78. The molecule has 0 aliphatic carbocycles. The van der Waals surface area contributed by atoms with Gasteiger partial charge in [0.1, 0.15) is 23.4 Å². The highest BCUT2D eigenvalue weighted by molar-refractivity contribution is 6.32. The third-order valence-corrected chi connectivity index (χ3v) is 8.61. The van der Waals surface area contributed by atoms with Crippen LogP contribution in [0.15, 0.2) is 77.1 Å². The van der Waals surface area contributed by atoms with Crippen LogP contribution in [-0.4, -0.2) is 63.1 Å². The van der Waals surface area contributed by atoms with Crippen LogP contribution in [0.3, 0.4) is 0 Å². The van der Waals surface area contributed by atoms with Gasteiger partial charge >= 0.3 is 12.4 Å². The Morgan fingerprint density at radius 2 is 1.80 bits per heavy atom. The summed E-state index contributed by atoms with van der Waals surface area (Å²) in [5.74, 6) is -0.0681. The predicted octanol–water partition coefficient (Wildman–Crippen LogP) is 7.23. The van der Waals surface area contributed by atoms with E-state index < -0.39 is 48.1 Å². The first-order chi connectivity index (χ1) is 21.2. The van der Waals surface area contributed by atoms with Crippen LogP contribution in [-0.2, 0) is 18.1 Å². The maximum absolute atomic E-state index is 15.6. The normalized spacial score (nSPS) is 22.4. The largest absolute Gasteiger partial charge is 0.471 e. The number of amidine groups is 1. The third-order valence-electron chi connectivity index (χ3n) is 8.29. The Balaban J connectivity index is 1.77. The smallest absolute Gasteiger partial charge is 0.433 e. The fourth-order valence-electron chi connectivity index (χ4n) is 5.78. The average Bonchev–Trinajstić information content (AvgIpc) is 3.43. The molecule has 14 heteroatoms. The quantitative estimate of drug-likeness (QED) is 0.273. The number of para-hydroxylation sites is 1. The summed E-state index contributed by atoms with van der Waals surface area (Å²) in [7, 11) is 1.58. The van der Waals surface area contributed by atoms with E-state index in [2.05, 4.69) is 15.0 Å². The number of dihydropyridines is 1. The van der Waals surface area contributed by atoms with Crippen molar-refractivity contribution >= 4 is 28.8 Å². The number of aliphatic imine (C=N–C) groups is 2. The van der Waals surface area contributed by atoms with Crippen molar-refractivity contribution in [3.8, 4) is 5.75 Å². The number of aliphatic hydroxyl groups is 1. The second kappa shape index (κ2) is 11.8. The topological polar surface area (TPSA) is 75.2 Å². The Bertz CT molecular complexity index is 1660. The van der Waals surface area contributed by atoms with Gasteiger partial charge in [0, 0.05) is 25.7 Å². The van der Waals surface area contributed by atoms with Gasteiger partial charge in [0.2, 0.25) is 5.60 Å². The van der Waals surface area contributed by atoms with E-state index in [4.69, 9.17) is 16.3 Å². The number of rotatable bonds is 7. The summed E-state index contributed by atoms with van der Waals surface area (Å²) in [5.41, 5.74) is -6.00. The summed E-state index contributed by atoms with van der Waals surface area (Å²) in [6.45, 7) is 3.75. The standard InChI is InChI=1S/C31H30ClF6N5O2/c1-4-43(5-2)26-15-29(31(36,37)38,45-24-9-7-6-8-21(24)32)20-14-19(10-11-22(20)41-26)28(27(44)23-16-39-18-42(23)3)13-12-25(40-17-28)30(33,34)35/h6-14,16,18,27,44H,4-5,15,17H2,1-3H3. The van der Waals surface area contributed by atoms with Gasteiger partial charge in [-0.05, 0) is 49.8 Å². The Hall–Kier alpha value is -3.84. The molecule has 240 valence electrons. The molecule has 0 saturated carbocycles. The molecule has 1 N–H and O–H groups in total. The van der Waals surface area contributed by atoms with Gasteiger partial charge < -0.3 is 19.3 Å². The highest BCUT2D eigenvalue weighted by Gasteiger charge is 2.62. The van der Waals surface area contributed by atoms with Crippen molar-refractivity contribution in [1.82, 2.24) is 14.5 Å². The number of hydrogen-bond acceptors (Lipinski definition) is 6. The number of ether oxygens (including phenoxy) is 1. The number of alkyl halides is 6. The molecule has 3 aromatic rings. The van der Waals surface area contributed by atoms with Crippen molar-refractivity contribution in [1.29, 1.82) is 0 Å². The number of fused-ring (bicyclic) bond motifs is 1. The van der Waals surface area contributed by atoms with E-state index in [1.54, 1.807) is 31.9 Å². The van der Waals surface area contributed by atoms with Gasteiger partial charge in [0.05, 0.1) is 47.3 Å². The van der Waals surface area contributed by atoms with Gasteiger partial charge in [0.25, 0.3) is 0 Å². The van der Waals surface area contributed by atoms with Gasteiger partial charge in [-0.3, -0.25) is 4.99 Å². The minimum absolute atomic E-state index is 0.0410. The maximum Gasteiger partial charge on any atom is 0.433 e. The number of hydrogen-bond donors (Lipinski definition) is 1. The van der Waals surface area contributed by atoms with Crippen LogP contribution in [0.2, 0.25) is 5.02 Å². The molecule has 7 nitrogen and oxygen atoms in total. The number of aryl methyl sites for hydroxylation is 1. The van der Waals surface area contributed by atoms with Crippen molar-refractivity contribution in [3.63, 3.8) is 0 Å². The number of imidazole rings is 1. The molecule has 1 aromatic heterocycles. The number of allylic oxidation sites excluding steroid dienone is 1. The monoisotopic (exact) mass is 653 g/mol. The van der Waals surface area contributed by atoms with E-state index in [-0.39, 0.29) is 39.1 Å². The molecule has 3 unspecified atom stereocenters. The third kappa shape index (κ3) is 5.71. The summed E-state index contributed by atoms with van der Waals surface area (Å²) in [5, 5.41) is 11.6. The molecule has 0 amide bonds. The zero-order valence-corrected chi connectivity index (χ0v) is 25.2. The first-order valence-electron chi connectivity index (χ1n) is 14.1. The molecule has 0 fully saturated rings. The summed E-state index contributed by atoms with van der Waals surface area (Å²) in [4.78, 5) is 14.0. The molecular weight excluding hydrogens is 624 g/mol. The first-order valence-corrected chi connectivity index (χ1v) is 14.5. The van der Waals surface area contributed by atoms with Crippen molar-refractivity contribution in [2.45, 2.75) is 49.7 Å². The molecule has 2 aliphatic heterocycles. The van der Waals surface area contributed by atoms with Crippen LogP contribution in [0, 0.1) is 0 Å². The van der Waals surface area contributed by atoms with Gasteiger partial charge in [-0.2, -0.15) is 26.3 Å². The highest BCUT2D eigenvalue weighted by atomic mass is 35.5. The minimum Gasteiger partial charge on any atom is -0.471 e. The van der Waals surface area contributed by atoms with Gasteiger partial charge in [0.15, 0.2) is 0 Å². The Kier molecular flexibility index (Phi) is 8.56. The van der Waals surface area contributed by atoms with Crippen LogP contribution in [0.5, 0.6) is 5.75 Å². The zero-order valence-electron chi connectivity index (χ0n) is 24.5. The van der Waals surface area contributed by atoms with Gasteiger partial charge in [-0.1, -0.05) is 35.9 Å². The average molecular weight is 654 g/mol. The number of nitrogens with zero attached hydrogens (tertiary/aromatic N) is 5. The summed E-state index contributed by atoms with van der Waals surface area (Å²) < 4.78 is 94.7. The maximum atomic E-state index is 15.6. The van der Waals surface area contributed by atoms with Crippen LogP contribution < -0.4 is 4.74 Å². The lowest BCUT2D eigenvalue weighted by Gasteiger charge is -2.43. The summed E-state index contributed by atoms with van der Waals surface area (Å²) >= 11 is 6.29. The van der Waals surface area contributed by atoms with Crippen LogP contribution in [0.25, 0.3) is 0 Å². The molecule has 0 bridgehead atoms. The first kappa shape index (κ1) is 32.6. The van der Waals surface area contributed by atoms with E-state index in [9.17, 15) is 18.3 Å². The Labute approximate surface area is 260 Å². The fraction of sp³-hybridized carbons (Fsp3) is 0.387. The number of aromatic nitrogens is 2. The molecule has 2 aliphatic rings. The lowest BCUT2D eigenvalue weighted by molar-refractivity contribution is -0.253. The summed E-state index contributed by atoms with van der Waals surface area (Å²) in [6.07, 6.45) is -7.43. The molecule has 5 rings (SSSR count). The molecule has 0 saturated heterocycles. The molecule has 3 atom stereocenters. The minimum atomic E-state index is -5.02. The van der Waals surface area contributed by atoms with Crippen molar-refractivity contribution in [3.05, 3.63) is 89.0 Å². The van der Waals surface area contributed by atoms with E-state index in [1.165, 1.54) is 53.5 Å². The lowest BCUT2D eigenvalue weighted by atomic mass is 9.71. The molecule has 0 spiro atoms. The molecule has 2 aromatic carbocycles. The van der Waals surface area contributed by atoms with Crippen molar-refractivity contribution < 1.29 is 36.2 Å². The molecular formula is C31H30ClF6N5O2. The van der Waals surface area contributed by atoms with E-state index in [0.717, 1.165) is 12.2 Å². The van der Waals surface area contributed by atoms with E-state index in [0.29, 0.717) is 13.1 Å². The van der Waals surface area contributed by atoms with Crippen molar-refractivity contribution in [2.75, 3.05) is 19.6 Å². The second-order valence-electron chi connectivity index (χ2n) is 10.9. The van der Waals surface area contributed by atoms with Gasteiger partial charge in [-0.15, -0.1) is 0 Å². The van der Waals surface area contributed by atoms with Crippen molar-refractivity contribution in [2.24, 2.45) is 17.0 Å². The molecule has 3 heterocycles. The number of benzene rings is 2. The highest BCUT2D eigenvalue weighted by Crippen LogP contribution is 2.53. The Morgan fingerprint density at radius 3 is 2.36 bits per heavy atom. The van der Waals surface area contributed by atoms with Crippen LogP contribution >= 0.6 is 11.6 Å². The molecule has 45 heavy (non-hydrogen) atoms. The van der Waals surface area contributed by atoms with Crippen LogP contribution in [0.4, 0.5) is 32.0 Å². The second-order valence-corrected chi connectivity index (χ2v) is 11.3. The van der Waals surface area contributed by atoms with Crippen LogP contribution in [0.1, 0.15) is 43.2 Å². The Morgan fingerprint density at radius 1 is 1.09 bits per heavy atom. The lowest BCUT2D eigenvalue weighted by Crippen LogP contribution is -2.53. The predicted molar refractivity (Wildman–Crippen MR) is 158 cm³/mol.